The molecule has 3 N–H and O–H groups in total. The summed E-state index contributed by atoms with van der Waals surface area (Å²) in [6.45, 7) is 12.5. The molecule has 0 saturated carbocycles. The molecule has 0 spiro atoms. The third kappa shape index (κ3) is 27.3. The lowest BCUT2D eigenvalue weighted by Gasteiger charge is -2.24. The molecular formula is C91H86F15IN2O14. The van der Waals surface area contributed by atoms with Crippen molar-refractivity contribution in [3.63, 3.8) is 0 Å². The minimum Gasteiger partial charge on any atom is -0.478 e. The van der Waals surface area contributed by atoms with E-state index in [1.54, 1.807) is 57.2 Å². The number of furan rings is 5. The number of carbonyl (C=O) groups excluding carboxylic acids is 2. The van der Waals surface area contributed by atoms with E-state index in [4.69, 9.17) is 46.5 Å². The van der Waals surface area contributed by atoms with Gasteiger partial charge in [0.1, 0.15) is 76.6 Å². The third-order valence-electron chi connectivity index (χ3n) is 19.1. The maximum absolute atomic E-state index is 12.8. The lowest BCUT2D eigenvalue weighted by Crippen LogP contribution is -2.39. The van der Waals surface area contributed by atoms with E-state index >= 15 is 0 Å². The van der Waals surface area contributed by atoms with E-state index in [0.29, 0.717) is 106 Å². The molecule has 16 nitrogen and oxygen atoms in total. The number of rotatable bonds is 19. The first-order chi connectivity index (χ1) is 57.1. The van der Waals surface area contributed by atoms with Crippen molar-refractivity contribution in [2.45, 2.75) is 136 Å². The highest BCUT2D eigenvalue weighted by Gasteiger charge is 2.36. The summed E-state index contributed by atoms with van der Waals surface area (Å²) in [6, 6.07) is 52.1. The Morgan fingerprint density at radius 3 is 0.902 bits per heavy atom. The second-order valence-electron chi connectivity index (χ2n) is 28.7. The van der Waals surface area contributed by atoms with Crippen LogP contribution in [0.15, 0.2) is 240 Å². The number of aliphatic hydroxyl groups excluding tert-OH is 2. The van der Waals surface area contributed by atoms with E-state index in [9.17, 15) is 85.3 Å². The van der Waals surface area contributed by atoms with Crippen LogP contribution < -0.4 is 9.47 Å². The van der Waals surface area contributed by atoms with Crippen LogP contribution in [0.5, 0.6) is 11.5 Å². The summed E-state index contributed by atoms with van der Waals surface area (Å²) in [5.41, 5.74) is 1.65. The molecule has 0 atom stereocenters. The van der Waals surface area contributed by atoms with Crippen LogP contribution in [-0.2, 0) is 97.2 Å². The van der Waals surface area contributed by atoms with Gasteiger partial charge < -0.3 is 51.6 Å². The van der Waals surface area contributed by atoms with Crippen LogP contribution in [-0.4, -0.2) is 87.3 Å². The number of benzene rings is 7. The highest BCUT2D eigenvalue weighted by molar-refractivity contribution is 14.0. The Balaban J connectivity index is 0.000000198. The molecule has 0 saturated heterocycles. The average molecular weight is 1840 g/mol. The van der Waals surface area contributed by atoms with Crippen molar-refractivity contribution in [2.24, 2.45) is 0 Å². The van der Waals surface area contributed by atoms with E-state index in [1.807, 2.05) is 48.5 Å². The summed E-state index contributed by atoms with van der Waals surface area (Å²) in [7, 11) is 0. The average Bonchev–Trinajstić information content (AvgIpc) is 1.81. The van der Waals surface area contributed by atoms with Crippen molar-refractivity contribution in [2.75, 3.05) is 32.8 Å². The van der Waals surface area contributed by atoms with Crippen LogP contribution in [0.25, 0.3) is 56.6 Å². The maximum Gasteiger partial charge on any atom is 0.416 e. The zero-order valence-corrected chi connectivity index (χ0v) is 68.2. The van der Waals surface area contributed by atoms with Crippen LogP contribution in [0, 0.1) is 0 Å². The Labute approximate surface area is 714 Å². The number of aliphatic hydroxyl groups is 2. The van der Waals surface area contributed by atoms with Gasteiger partial charge in [0.2, 0.25) is 0 Å². The molecule has 656 valence electrons. The van der Waals surface area contributed by atoms with E-state index in [-0.39, 0.29) is 50.4 Å². The van der Waals surface area contributed by atoms with Gasteiger partial charge in [-0.3, -0.25) is 14.6 Å². The Morgan fingerprint density at radius 1 is 0.374 bits per heavy atom. The number of carboxylic acids is 1. The second-order valence-corrected chi connectivity index (χ2v) is 28.7. The quantitative estimate of drug-likeness (QED) is 0.0297. The van der Waals surface area contributed by atoms with Gasteiger partial charge >= 0.3 is 42.8 Å². The molecule has 32 heteroatoms. The number of nitrogens with zero attached hydrogens (tertiary/aromatic N) is 2. The summed E-state index contributed by atoms with van der Waals surface area (Å²) in [6.07, 6.45) is -17.9. The minimum absolute atomic E-state index is 0. The van der Waals surface area contributed by atoms with Gasteiger partial charge in [0.05, 0.1) is 47.5 Å². The van der Waals surface area contributed by atoms with Crippen molar-refractivity contribution in [3.8, 4) is 68.1 Å². The van der Waals surface area contributed by atoms with E-state index < -0.39 is 81.8 Å². The topological polar surface area (TPSA) is 212 Å². The summed E-state index contributed by atoms with van der Waals surface area (Å²) >= 11 is 0. The highest BCUT2D eigenvalue weighted by Crippen LogP contribution is 2.39. The number of carbonyl (C=O) groups is 3. The smallest absolute Gasteiger partial charge is 0.416 e. The molecule has 2 aliphatic heterocycles. The number of carboxylic acid groups (broad SMARTS) is 1. The number of hydrogen-bond donors (Lipinski definition) is 3. The molecule has 7 heterocycles. The van der Waals surface area contributed by atoms with Gasteiger partial charge in [0, 0.05) is 54.0 Å². The number of aliphatic carboxylic acids is 1. The van der Waals surface area contributed by atoms with Gasteiger partial charge in [-0.15, -0.1) is 24.0 Å². The first-order valence-electron chi connectivity index (χ1n) is 37.5. The fourth-order valence-corrected chi connectivity index (χ4v) is 12.5. The van der Waals surface area contributed by atoms with E-state index in [1.165, 1.54) is 103 Å². The van der Waals surface area contributed by atoms with Crippen molar-refractivity contribution in [1.29, 1.82) is 0 Å². The van der Waals surface area contributed by atoms with Crippen molar-refractivity contribution in [1.82, 2.24) is 9.80 Å². The lowest BCUT2D eigenvalue weighted by atomic mass is 10.0. The Bertz CT molecular complexity index is 5290. The number of alkyl halides is 15. The molecule has 0 aliphatic carbocycles. The third-order valence-corrected chi connectivity index (χ3v) is 19.1. The fraction of sp³-hybridized carbons (Fsp3) is 0.286. The van der Waals surface area contributed by atoms with Crippen LogP contribution in [0.1, 0.15) is 126 Å². The largest absolute Gasteiger partial charge is 0.478 e. The molecule has 12 aromatic rings. The monoisotopic (exact) mass is 1840 g/mol. The number of esters is 1. The Kier molecular flexibility index (Phi) is 32.9. The molecule has 5 aromatic heterocycles. The summed E-state index contributed by atoms with van der Waals surface area (Å²) in [5, 5.41) is 26.9. The van der Waals surface area contributed by atoms with E-state index in [0.717, 1.165) is 130 Å². The Morgan fingerprint density at radius 2 is 0.642 bits per heavy atom. The molecule has 0 fully saturated rings. The molecule has 0 amide bonds. The lowest BCUT2D eigenvalue weighted by molar-refractivity contribution is -0.158. The molecule has 7 aromatic carbocycles. The molecule has 14 rings (SSSR count). The second kappa shape index (κ2) is 41.7. The first-order valence-corrected chi connectivity index (χ1v) is 37.5. The zero-order valence-electron chi connectivity index (χ0n) is 65.9. The molecule has 0 bridgehead atoms. The van der Waals surface area contributed by atoms with Crippen molar-refractivity contribution >= 4 is 42.2 Å². The summed E-state index contributed by atoms with van der Waals surface area (Å²) < 4.78 is 232. The van der Waals surface area contributed by atoms with Crippen LogP contribution >= 0.6 is 24.0 Å². The van der Waals surface area contributed by atoms with Gasteiger partial charge in [0.15, 0.2) is 23.2 Å². The SMILES string of the molecule is C.CC(C)(Oc1ccc2c(c1)CCN(Cc1ccc(-c3ccc(C(F)(F)F)cc3)o1)CC2)C(=O)O.CCOC(=O)C(C)(C)Oc1ccc2c(c1)CCN(Cc1ccc(-c3ccc(C(F)(F)F)cc3)o1)CC2.I.O=Cc1ccc(-c2ccc(C(F)(F)F)cc2)o1.OCc1ccc(-c2ccc(C(F)(F)F)cc2)o1.OCc1ccc(-c2ccc(C(F)(F)F)cc2)o1. The number of hydrogen-bond acceptors (Lipinski definition) is 15. The predicted octanol–water partition coefficient (Wildman–Crippen LogP) is 24.0. The van der Waals surface area contributed by atoms with Gasteiger partial charge in [-0.2, -0.15) is 65.9 Å². The Hall–Kier alpha value is -11.3. The minimum atomic E-state index is -4.36. The number of aldehydes is 1. The summed E-state index contributed by atoms with van der Waals surface area (Å²) in [5.74, 6) is 4.44. The van der Waals surface area contributed by atoms with Gasteiger partial charge in [-0.25, -0.2) is 9.59 Å². The molecule has 0 unspecified atom stereocenters. The van der Waals surface area contributed by atoms with Gasteiger partial charge in [0.25, 0.3) is 0 Å². The molecule has 2 aliphatic rings. The van der Waals surface area contributed by atoms with Crippen molar-refractivity contribution in [3.05, 3.63) is 297 Å². The number of ether oxygens (including phenoxy) is 3. The molecule has 0 radical (unpaired) electrons. The predicted molar refractivity (Wildman–Crippen MR) is 437 cm³/mol. The normalized spacial score (nSPS) is 13.3. The number of halogens is 16. The highest BCUT2D eigenvalue weighted by atomic mass is 127. The fourth-order valence-electron chi connectivity index (χ4n) is 12.5. The van der Waals surface area contributed by atoms with Crippen LogP contribution in [0.2, 0.25) is 0 Å². The van der Waals surface area contributed by atoms with Crippen LogP contribution in [0.3, 0.4) is 0 Å². The number of fused-ring (bicyclic) bond motifs is 2. The van der Waals surface area contributed by atoms with Gasteiger partial charge in [-0.05, 0) is 228 Å². The molecular weight excluding hydrogens is 1760 g/mol. The van der Waals surface area contributed by atoms with Crippen molar-refractivity contribution < 1.29 is 132 Å². The summed E-state index contributed by atoms with van der Waals surface area (Å²) in [4.78, 5) is 38.5. The van der Waals surface area contributed by atoms with Gasteiger partial charge in [-0.1, -0.05) is 80.2 Å². The van der Waals surface area contributed by atoms with E-state index in [2.05, 4.69) is 9.80 Å². The van der Waals surface area contributed by atoms with Crippen LogP contribution in [0.4, 0.5) is 65.9 Å². The maximum atomic E-state index is 12.8. The standard InChI is InChI=1S/C28H30F3NO4.C26H26F3NO4.2C12H9F3O2.C12H7F3O2.CH4.HI/c1-4-34-26(33)27(2,3)36-23-10-7-19-13-15-32(16-14-21(19)17-23)18-24-11-12-25(35-24)20-5-8-22(9-6-20)28(29,30)31;1-25(2,24(31)32)34-21-8-5-17-11-13-30(14-12-19(17)15-21)16-22-9-10-23(33-22)18-3-6-20(7-4-18)26(27,28)29;3*13-12(14,15)9-3-1-8(2-4-9)11-6-5-10(7-16)17-11;;/h5-12,17H,4,13-16,18H2,1-3H3;3-10,15H,11-14,16H2,1-2H3,(H,31,32);2*1-6,16H,7H2;1-7H;1H4;1H. The first kappa shape index (κ1) is 97.1. The zero-order chi connectivity index (χ0) is 87.8. The molecule has 123 heavy (non-hydrogen) atoms.